The van der Waals surface area contributed by atoms with Crippen molar-refractivity contribution < 1.29 is 4.79 Å². The number of hydrogen-bond acceptors (Lipinski definition) is 2. The molecule has 0 aromatic heterocycles. The third-order valence-corrected chi connectivity index (χ3v) is 9.63. The maximum Gasteiger partial charge on any atom is 0.150 e. The summed E-state index contributed by atoms with van der Waals surface area (Å²) in [5, 5.41) is 0. The zero-order chi connectivity index (χ0) is 19.0. The Labute approximate surface area is 167 Å². The first-order valence-electron chi connectivity index (χ1n) is 12.3. The molecule has 0 spiro atoms. The lowest BCUT2D eigenvalue weighted by Gasteiger charge is -2.54. The average molecular weight is 374 g/mol. The fraction of sp³-hybridized carbons (Fsp3) is 0.960. The quantitative estimate of drug-likeness (QED) is 0.573. The Balaban J connectivity index is 1.48. The van der Waals surface area contributed by atoms with Crippen molar-refractivity contribution in [1.82, 2.24) is 4.90 Å². The molecular weight excluding hydrogens is 330 g/mol. The molecule has 0 N–H and O–H groups in total. The molecule has 0 aromatic carbocycles. The van der Waals surface area contributed by atoms with Crippen molar-refractivity contribution in [3.05, 3.63) is 0 Å². The topological polar surface area (TPSA) is 20.3 Å². The van der Waals surface area contributed by atoms with Gasteiger partial charge in [-0.2, -0.15) is 0 Å². The Hall–Kier alpha value is -0.370. The van der Waals surface area contributed by atoms with Crippen molar-refractivity contribution in [3.8, 4) is 0 Å². The number of fused-ring (bicyclic) bond motifs is 3. The number of nitrogens with zero attached hydrogens (tertiary/aromatic N) is 1. The summed E-state index contributed by atoms with van der Waals surface area (Å²) in [7, 11) is 0. The summed E-state index contributed by atoms with van der Waals surface area (Å²) in [4.78, 5) is 15.7. The molecule has 0 amide bonds. The van der Waals surface area contributed by atoms with E-state index in [0.29, 0.717) is 17.1 Å². The molecule has 4 rings (SSSR count). The minimum absolute atomic E-state index is 0.313. The highest BCUT2D eigenvalue weighted by molar-refractivity contribution is 5.84. The number of carbonyl (C=O) groups is 1. The Kier molecular flexibility index (Phi) is 6.03. The van der Waals surface area contributed by atoms with E-state index in [-0.39, 0.29) is 0 Å². The van der Waals surface area contributed by atoms with Gasteiger partial charge in [-0.05, 0) is 99.5 Å². The van der Waals surface area contributed by atoms with E-state index >= 15 is 0 Å². The molecule has 27 heavy (non-hydrogen) atoms. The van der Waals surface area contributed by atoms with E-state index in [0.717, 1.165) is 49.2 Å². The van der Waals surface area contributed by atoms with E-state index in [1.165, 1.54) is 70.6 Å². The molecule has 0 radical (unpaired) electrons. The molecule has 0 bridgehead atoms. The van der Waals surface area contributed by atoms with Gasteiger partial charge >= 0.3 is 0 Å². The number of hydrogen-bond donors (Lipinski definition) is 0. The second kappa shape index (κ2) is 8.17. The molecular formula is C25H43NO. The lowest BCUT2D eigenvalue weighted by Crippen LogP contribution is -2.49. The minimum Gasteiger partial charge on any atom is -0.298 e. The van der Waals surface area contributed by atoms with Gasteiger partial charge in [-0.15, -0.1) is 0 Å². The van der Waals surface area contributed by atoms with Gasteiger partial charge in [0, 0.05) is 5.92 Å². The summed E-state index contributed by atoms with van der Waals surface area (Å²) >= 11 is 0. The normalized spacial score (nSPS) is 44.9. The molecule has 154 valence electrons. The molecule has 0 aromatic rings. The van der Waals surface area contributed by atoms with Crippen LogP contribution >= 0.6 is 0 Å². The molecule has 4 fully saturated rings. The third-order valence-electron chi connectivity index (χ3n) is 9.63. The van der Waals surface area contributed by atoms with Gasteiger partial charge in [0.2, 0.25) is 0 Å². The number of rotatable bonds is 6. The minimum atomic E-state index is 0.313. The summed E-state index contributed by atoms with van der Waals surface area (Å²) in [5.74, 6) is 5.63. The van der Waals surface area contributed by atoms with Crippen molar-refractivity contribution in [1.29, 1.82) is 0 Å². The zero-order valence-electron chi connectivity index (χ0n) is 18.2. The molecule has 1 saturated heterocycles. The van der Waals surface area contributed by atoms with E-state index in [9.17, 15) is 4.79 Å². The summed E-state index contributed by atoms with van der Waals surface area (Å²) in [6.07, 6.45) is 14.9. The molecule has 7 atom stereocenters. The second-order valence-electron chi connectivity index (χ2n) is 10.8. The van der Waals surface area contributed by atoms with Crippen molar-refractivity contribution in [2.75, 3.05) is 19.6 Å². The summed E-state index contributed by atoms with van der Waals surface area (Å²) in [6, 6.07) is 0. The Bertz CT molecular complexity index is 524. The Morgan fingerprint density at radius 1 is 1.00 bits per heavy atom. The fourth-order valence-electron chi connectivity index (χ4n) is 8.32. The maximum absolute atomic E-state index is 13.2. The highest BCUT2D eigenvalue weighted by Crippen LogP contribution is 2.63. The first kappa shape index (κ1) is 19.9. The molecule has 4 aliphatic rings. The summed E-state index contributed by atoms with van der Waals surface area (Å²) in [6.45, 7) is 10.4. The molecule has 2 nitrogen and oxygen atoms in total. The highest BCUT2D eigenvalue weighted by atomic mass is 16.1. The Morgan fingerprint density at radius 2 is 1.78 bits per heavy atom. The fourth-order valence-corrected chi connectivity index (χ4v) is 8.32. The maximum atomic E-state index is 13.2. The van der Waals surface area contributed by atoms with E-state index in [1.807, 2.05) is 0 Å². The SMILES string of the molecule is CCCC1C(CC)CCC2C1CCC1(C)C(C(=O)CN3CCCC3)CCC21. The number of likely N-dealkylation sites (tertiary alicyclic amines) is 1. The largest absolute Gasteiger partial charge is 0.298 e. The van der Waals surface area contributed by atoms with Crippen LogP contribution < -0.4 is 0 Å². The van der Waals surface area contributed by atoms with Crippen LogP contribution in [-0.2, 0) is 4.79 Å². The number of Topliss-reactive ketones (excluding diaryl/α,β-unsaturated/α-hetero) is 1. The zero-order valence-corrected chi connectivity index (χ0v) is 18.2. The van der Waals surface area contributed by atoms with Gasteiger partial charge in [-0.3, -0.25) is 9.69 Å². The smallest absolute Gasteiger partial charge is 0.150 e. The number of ketones is 1. The Morgan fingerprint density at radius 3 is 2.48 bits per heavy atom. The van der Waals surface area contributed by atoms with Crippen LogP contribution in [0.1, 0.15) is 91.4 Å². The first-order valence-corrected chi connectivity index (χ1v) is 12.3. The molecule has 3 saturated carbocycles. The number of carbonyl (C=O) groups excluding carboxylic acids is 1. The molecule has 3 aliphatic carbocycles. The predicted octanol–water partition coefficient (Wildman–Crippen LogP) is 5.95. The standard InChI is InChI=1S/C25H43NO/c1-4-8-19-18(5-2)9-10-21-20(19)13-14-25(3)22(21)11-12-23(25)24(27)17-26-15-6-7-16-26/h18-23H,4-17H2,1-3H3. The van der Waals surface area contributed by atoms with Crippen LogP contribution in [0.25, 0.3) is 0 Å². The molecule has 7 unspecified atom stereocenters. The molecule has 2 heteroatoms. The third kappa shape index (κ3) is 3.53. The first-order chi connectivity index (χ1) is 13.1. The van der Waals surface area contributed by atoms with Gasteiger partial charge in [0.1, 0.15) is 5.78 Å². The van der Waals surface area contributed by atoms with Gasteiger partial charge in [-0.1, -0.05) is 40.0 Å². The van der Waals surface area contributed by atoms with Crippen LogP contribution in [0.4, 0.5) is 0 Å². The lowest BCUT2D eigenvalue weighted by atomic mass is 9.50. The van der Waals surface area contributed by atoms with Crippen LogP contribution in [-0.4, -0.2) is 30.3 Å². The lowest BCUT2D eigenvalue weighted by molar-refractivity contribution is -0.131. The van der Waals surface area contributed by atoms with E-state index in [2.05, 4.69) is 25.7 Å². The predicted molar refractivity (Wildman–Crippen MR) is 113 cm³/mol. The monoisotopic (exact) mass is 373 g/mol. The van der Waals surface area contributed by atoms with E-state index in [4.69, 9.17) is 0 Å². The van der Waals surface area contributed by atoms with Crippen molar-refractivity contribution in [2.24, 2.45) is 40.9 Å². The van der Waals surface area contributed by atoms with Crippen LogP contribution in [0.15, 0.2) is 0 Å². The van der Waals surface area contributed by atoms with E-state index < -0.39 is 0 Å². The van der Waals surface area contributed by atoms with Gasteiger partial charge in [0.15, 0.2) is 0 Å². The highest BCUT2D eigenvalue weighted by Gasteiger charge is 2.57. The average Bonchev–Trinajstić information content (AvgIpc) is 3.29. The molecule has 1 heterocycles. The van der Waals surface area contributed by atoms with Crippen molar-refractivity contribution in [3.63, 3.8) is 0 Å². The van der Waals surface area contributed by atoms with Crippen LogP contribution in [0.2, 0.25) is 0 Å². The van der Waals surface area contributed by atoms with Crippen molar-refractivity contribution >= 4 is 5.78 Å². The van der Waals surface area contributed by atoms with Gasteiger partial charge in [0.25, 0.3) is 0 Å². The van der Waals surface area contributed by atoms with Crippen LogP contribution in [0.5, 0.6) is 0 Å². The van der Waals surface area contributed by atoms with Crippen molar-refractivity contribution in [2.45, 2.75) is 91.4 Å². The summed E-state index contributed by atoms with van der Waals surface area (Å²) in [5.41, 5.74) is 0.313. The molecule has 1 aliphatic heterocycles. The van der Waals surface area contributed by atoms with Crippen LogP contribution in [0.3, 0.4) is 0 Å². The van der Waals surface area contributed by atoms with E-state index in [1.54, 1.807) is 0 Å². The van der Waals surface area contributed by atoms with Gasteiger partial charge in [-0.25, -0.2) is 0 Å². The van der Waals surface area contributed by atoms with Gasteiger partial charge < -0.3 is 0 Å². The second-order valence-corrected chi connectivity index (χ2v) is 10.8. The summed E-state index contributed by atoms with van der Waals surface area (Å²) < 4.78 is 0. The van der Waals surface area contributed by atoms with Gasteiger partial charge in [0.05, 0.1) is 6.54 Å². The van der Waals surface area contributed by atoms with Crippen LogP contribution in [0, 0.1) is 40.9 Å².